The summed E-state index contributed by atoms with van der Waals surface area (Å²) in [4.78, 5) is 14.2. The highest BCUT2D eigenvalue weighted by Gasteiger charge is 2.16. The molecule has 0 aliphatic heterocycles. The van der Waals surface area contributed by atoms with Gasteiger partial charge in [-0.1, -0.05) is 48.5 Å². The molecule has 0 saturated heterocycles. The van der Waals surface area contributed by atoms with Gasteiger partial charge >= 0.3 is 6.03 Å². The molecule has 2 amide bonds. The highest BCUT2D eigenvalue weighted by Crippen LogP contribution is 2.24. The number of urea groups is 1. The molecular formula is C21H26N2O. The second-order valence-corrected chi connectivity index (χ2v) is 6.75. The Bertz CT molecular complexity index is 696. The van der Waals surface area contributed by atoms with Crippen LogP contribution in [0.25, 0.3) is 0 Å². The topological polar surface area (TPSA) is 32.3 Å². The molecule has 1 atom stereocenters. The van der Waals surface area contributed by atoms with Crippen molar-refractivity contribution in [1.82, 2.24) is 10.2 Å². The lowest BCUT2D eigenvalue weighted by Gasteiger charge is -2.23. The average molecular weight is 322 g/mol. The Morgan fingerprint density at radius 1 is 1.08 bits per heavy atom. The van der Waals surface area contributed by atoms with Crippen LogP contribution in [0.1, 0.15) is 48.1 Å². The molecular weight excluding hydrogens is 296 g/mol. The number of hydrogen-bond donors (Lipinski definition) is 1. The summed E-state index contributed by atoms with van der Waals surface area (Å²) in [5.74, 6) is 0. The van der Waals surface area contributed by atoms with Gasteiger partial charge in [0.05, 0.1) is 6.04 Å². The molecule has 1 aliphatic carbocycles. The number of nitrogens with zero attached hydrogens (tertiary/aromatic N) is 1. The van der Waals surface area contributed by atoms with Gasteiger partial charge in [0.25, 0.3) is 0 Å². The number of hydrogen-bond acceptors (Lipinski definition) is 1. The number of carbonyl (C=O) groups is 1. The molecule has 2 aromatic carbocycles. The maximum atomic E-state index is 12.4. The van der Waals surface area contributed by atoms with Gasteiger partial charge in [0.2, 0.25) is 0 Å². The SMILES string of the molecule is C[C@@H](NC(=O)N(C)Cc1ccccc1)c1ccc2c(c1)CCCC2. The third-order valence-electron chi connectivity index (χ3n) is 4.82. The number of nitrogens with one attached hydrogen (secondary N) is 1. The van der Waals surface area contributed by atoms with Crippen molar-refractivity contribution in [3.63, 3.8) is 0 Å². The van der Waals surface area contributed by atoms with Crippen molar-refractivity contribution >= 4 is 6.03 Å². The van der Waals surface area contributed by atoms with Gasteiger partial charge in [-0.2, -0.15) is 0 Å². The molecule has 126 valence electrons. The van der Waals surface area contributed by atoms with E-state index in [1.54, 1.807) is 4.90 Å². The number of amides is 2. The van der Waals surface area contributed by atoms with Gasteiger partial charge in [-0.25, -0.2) is 4.79 Å². The largest absolute Gasteiger partial charge is 0.331 e. The van der Waals surface area contributed by atoms with Crippen LogP contribution < -0.4 is 5.32 Å². The van der Waals surface area contributed by atoms with Crippen molar-refractivity contribution in [1.29, 1.82) is 0 Å². The van der Waals surface area contributed by atoms with Crippen LogP contribution in [0.5, 0.6) is 0 Å². The highest BCUT2D eigenvalue weighted by molar-refractivity contribution is 5.74. The van der Waals surface area contributed by atoms with E-state index in [1.165, 1.54) is 36.0 Å². The van der Waals surface area contributed by atoms with Crippen molar-refractivity contribution in [3.05, 3.63) is 70.8 Å². The summed E-state index contributed by atoms with van der Waals surface area (Å²) >= 11 is 0. The van der Waals surface area contributed by atoms with E-state index >= 15 is 0 Å². The van der Waals surface area contributed by atoms with Crippen molar-refractivity contribution in [2.24, 2.45) is 0 Å². The van der Waals surface area contributed by atoms with E-state index in [-0.39, 0.29) is 12.1 Å². The molecule has 0 radical (unpaired) electrons. The van der Waals surface area contributed by atoms with Gasteiger partial charge in [0.1, 0.15) is 0 Å². The van der Waals surface area contributed by atoms with E-state index in [0.717, 1.165) is 12.0 Å². The predicted octanol–water partition coefficient (Wildman–Crippen LogP) is 4.47. The third kappa shape index (κ3) is 3.97. The molecule has 0 spiro atoms. The van der Waals surface area contributed by atoms with Gasteiger partial charge < -0.3 is 10.2 Å². The normalized spacial score (nSPS) is 14.6. The Morgan fingerprint density at radius 2 is 1.79 bits per heavy atom. The lowest BCUT2D eigenvalue weighted by molar-refractivity contribution is 0.203. The first-order valence-electron chi connectivity index (χ1n) is 8.81. The van der Waals surface area contributed by atoms with Gasteiger partial charge in [0.15, 0.2) is 0 Å². The molecule has 0 bridgehead atoms. The smallest absolute Gasteiger partial charge is 0.317 e. The van der Waals surface area contributed by atoms with Crippen LogP contribution in [0.3, 0.4) is 0 Å². The van der Waals surface area contributed by atoms with E-state index in [4.69, 9.17) is 0 Å². The lowest BCUT2D eigenvalue weighted by atomic mass is 9.89. The van der Waals surface area contributed by atoms with Crippen molar-refractivity contribution in [2.75, 3.05) is 7.05 Å². The van der Waals surface area contributed by atoms with Crippen LogP contribution >= 0.6 is 0 Å². The molecule has 0 fully saturated rings. The maximum absolute atomic E-state index is 12.4. The Labute approximate surface area is 144 Å². The zero-order chi connectivity index (χ0) is 16.9. The van der Waals surface area contributed by atoms with E-state index in [9.17, 15) is 4.79 Å². The molecule has 3 heteroatoms. The van der Waals surface area contributed by atoms with Crippen molar-refractivity contribution in [2.45, 2.75) is 45.2 Å². The molecule has 0 unspecified atom stereocenters. The number of fused-ring (bicyclic) bond motifs is 1. The number of aryl methyl sites for hydroxylation is 2. The first kappa shape index (κ1) is 16.6. The molecule has 0 saturated carbocycles. The van der Waals surface area contributed by atoms with Crippen LogP contribution in [0.2, 0.25) is 0 Å². The number of rotatable bonds is 4. The van der Waals surface area contributed by atoms with Crippen molar-refractivity contribution in [3.8, 4) is 0 Å². The van der Waals surface area contributed by atoms with Crippen LogP contribution in [0, 0.1) is 0 Å². The average Bonchev–Trinajstić information content (AvgIpc) is 2.62. The maximum Gasteiger partial charge on any atom is 0.317 e. The molecule has 2 aromatic rings. The second-order valence-electron chi connectivity index (χ2n) is 6.75. The van der Waals surface area contributed by atoms with Gasteiger partial charge in [-0.05, 0) is 54.9 Å². The second kappa shape index (κ2) is 7.52. The van der Waals surface area contributed by atoms with E-state index in [1.807, 2.05) is 37.4 Å². The molecule has 0 heterocycles. The first-order valence-corrected chi connectivity index (χ1v) is 8.81. The third-order valence-corrected chi connectivity index (χ3v) is 4.82. The Balaban J connectivity index is 1.61. The number of benzene rings is 2. The highest BCUT2D eigenvalue weighted by atomic mass is 16.2. The minimum Gasteiger partial charge on any atom is -0.331 e. The van der Waals surface area contributed by atoms with Crippen LogP contribution in [0.4, 0.5) is 4.79 Å². The van der Waals surface area contributed by atoms with Gasteiger partial charge in [-0.15, -0.1) is 0 Å². The summed E-state index contributed by atoms with van der Waals surface area (Å²) in [6.07, 6.45) is 4.92. The molecule has 0 aromatic heterocycles. The fraction of sp³-hybridized carbons (Fsp3) is 0.381. The fourth-order valence-electron chi connectivity index (χ4n) is 3.33. The van der Waals surface area contributed by atoms with Gasteiger partial charge in [-0.3, -0.25) is 0 Å². The minimum atomic E-state index is -0.0379. The molecule has 3 nitrogen and oxygen atoms in total. The molecule has 3 rings (SSSR count). The Morgan fingerprint density at radius 3 is 2.54 bits per heavy atom. The monoisotopic (exact) mass is 322 g/mol. The van der Waals surface area contributed by atoms with E-state index in [0.29, 0.717) is 6.54 Å². The summed E-state index contributed by atoms with van der Waals surface area (Å²) in [6.45, 7) is 2.67. The Hall–Kier alpha value is -2.29. The standard InChI is InChI=1S/C21H26N2O/c1-16(19-13-12-18-10-6-7-11-20(18)14-19)22-21(24)23(2)15-17-8-4-3-5-9-17/h3-5,8-9,12-14,16H,6-7,10-11,15H2,1-2H3,(H,22,24)/t16-/m1/s1. The molecule has 1 aliphatic rings. The van der Waals surface area contributed by atoms with Crippen molar-refractivity contribution < 1.29 is 4.79 Å². The van der Waals surface area contributed by atoms with Crippen LogP contribution in [0.15, 0.2) is 48.5 Å². The summed E-state index contributed by atoms with van der Waals surface area (Å²) in [7, 11) is 1.84. The summed E-state index contributed by atoms with van der Waals surface area (Å²) in [6, 6.07) is 16.7. The van der Waals surface area contributed by atoms with E-state index in [2.05, 4.69) is 30.4 Å². The zero-order valence-corrected chi connectivity index (χ0v) is 14.6. The quantitative estimate of drug-likeness (QED) is 0.885. The minimum absolute atomic E-state index is 0.0166. The predicted molar refractivity (Wildman–Crippen MR) is 97.9 cm³/mol. The molecule has 24 heavy (non-hydrogen) atoms. The van der Waals surface area contributed by atoms with Gasteiger partial charge in [0, 0.05) is 13.6 Å². The molecule has 1 N–H and O–H groups in total. The first-order chi connectivity index (χ1) is 11.6. The number of carbonyl (C=O) groups excluding carboxylic acids is 1. The summed E-state index contributed by atoms with van der Waals surface area (Å²) in [5.41, 5.74) is 5.26. The fourth-order valence-corrected chi connectivity index (χ4v) is 3.33. The Kier molecular flexibility index (Phi) is 5.19. The zero-order valence-electron chi connectivity index (χ0n) is 14.6. The van der Waals surface area contributed by atoms with Crippen LogP contribution in [-0.2, 0) is 19.4 Å². The summed E-state index contributed by atoms with van der Waals surface area (Å²) < 4.78 is 0. The van der Waals surface area contributed by atoms with Crippen LogP contribution in [-0.4, -0.2) is 18.0 Å². The lowest BCUT2D eigenvalue weighted by Crippen LogP contribution is -2.38. The van der Waals surface area contributed by atoms with E-state index < -0.39 is 0 Å². The summed E-state index contributed by atoms with van der Waals surface area (Å²) in [5, 5.41) is 3.11.